The molecule has 6 heteroatoms. The Labute approximate surface area is 261 Å². The van der Waals surface area contributed by atoms with Gasteiger partial charge in [0.25, 0.3) is 11.8 Å². The van der Waals surface area contributed by atoms with E-state index in [9.17, 15) is 9.59 Å². The Morgan fingerprint density at radius 2 is 1.79 bits per heavy atom. The molecular weight excluding hydrogens is 550 g/mol. The van der Waals surface area contributed by atoms with Gasteiger partial charge < -0.3 is 10.2 Å². The van der Waals surface area contributed by atoms with Gasteiger partial charge in [-0.25, -0.2) is 0 Å². The number of carbonyl (C=O) groups excluding carboxylic acids is 2. The van der Waals surface area contributed by atoms with Gasteiger partial charge in [-0.2, -0.15) is 0 Å². The highest BCUT2D eigenvalue weighted by Crippen LogP contribution is 2.42. The molecule has 1 fully saturated rings. The second-order valence-electron chi connectivity index (χ2n) is 12.1. The van der Waals surface area contributed by atoms with Gasteiger partial charge in [-0.05, 0) is 87.1 Å². The molecular formula is C37H45N3O2S. The Balaban J connectivity index is 1.26. The first-order valence-electron chi connectivity index (χ1n) is 15.8. The normalized spacial score (nSPS) is 17.3. The Hall–Kier alpha value is -3.35. The van der Waals surface area contributed by atoms with Crippen molar-refractivity contribution in [3.8, 4) is 0 Å². The number of rotatable bonds is 10. The molecule has 1 saturated carbocycles. The number of nitrogens with zero attached hydrogens (tertiary/aromatic N) is 2. The van der Waals surface area contributed by atoms with Gasteiger partial charge >= 0.3 is 0 Å². The first-order chi connectivity index (χ1) is 20.8. The van der Waals surface area contributed by atoms with Crippen LogP contribution >= 0.6 is 11.8 Å². The van der Waals surface area contributed by atoms with Crippen molar-refractivity contribution in [2.24, 2.45) is 0 Å². The highest BCUT2D eigenvalue weighted by atomic mass is 32.2. The van der Waals surface area contributed by atoms with Gasteiger partial charge in [-0.3, -0.25) is 14.5 Å². The molecule has 0 spiro atoms. The van der Waals surface area contributed by atoms with Crippen molar-refractivity contribution in [2.45, 2.75) is 89.7 Å². The minimum absolute atomic E-state index is 0.00440. The standard InChI is InChI=1S/C37H45N3O2S/c1-5-28(4)39(32-11-7-6-8-12-32)22-21-38-36(41)30-19-17-29(18-20-30)24-35-37(42)40(33-13-9-10-14-34(33)43-35)25-31-23-26(2)15-16-27(31)3/h9-10,13-20,23-24,28,32H,5-8,11-12,21-22,25H2,1-4H3,(H,38,41)/b35-24-/t28-/m1/s1. The number of benzene rings is 3. The van der Waals surface area contributed by atoms with Crippen LogP contribution in [0.4, 0.5) is 5.69 Å². The summed E-state index contributed by atoms with van der Waals surface area (Å²) in [4.78, 5) is 33.0. The molecule has 0 bridgehead atoms. The van der Waals surface area contributed by atoms with E-state index >= 15 is 0 Å². The predicted molar refractivity (Wildman–Crippen MR) is 179 cm³/mol. The number of carbonyl (C=O) groups is 2. The summed E-state index contributed by atoms with van der Waals surface area (Å²) in [5.74, 6) is -0.0565. The number of nitrogens with one attached hydrogen (secondary N) is 1. The molecule has 1 N–H and O–H groups in total. The molecule has 43 heavy (non-hydrogen) atoms. The number of aryl methyl sites for hydroxylation is 2. The molecule has 0 aromatic heterocycles. The van der Waals surface area contributed by atoms with Gasteiger partial charge in [0.1, 0.15) is 0 Å². The van der Waals surface area contributed by atoms with E-state index in [0.29, 0.717) is 35.6 Å². The Bertz CT molecular complexity index is 1460. The fourth-order valence-electron chi connectivity index (χ4n) is 6.25. The largest absolute Gasteiger partial charge is 0.351 e. The summed E-state index contributed by atoms with van der Waals surface area (Å²) in [5, 5.41) is 3.14. The molecule has 226 valence electrons. The smallest absolute Gasteiger partial charge is 0.265 e. The number of hydrogen-bond acceptors (Lipinski definition) is 4. The summed E-state index contributed by atoms with van der Waals surface area (Å²) < 4.78 is 0. The molecule has 1 atom stereocenters. The number of hydrogen-bond donors (Lipinski definition) is 1. The number of para-hydroxylation sites is 1. The van der Waals surface area contributed by atoms with Crippen molar-refractivity contribution in [3.63, 3.8) is 0 Å². The molecule has 0 unspecified atom stereocenters. The molecule has 5 rings (SSSR count). The number of thioether (sulfide) groups is 1. The molecule has 5 nitrogen and oxygen atoms in total. The maximum atomic E-state index is 13.8. The van der Waals surface area contributed by atoms with Crippen molar-refractivity contribution in [3.05, 3.63) is 99.5 Å². The van der Waals surface area contributed by atoms with Crippen LogP contribution in [-0.2, 0) is 11.3 Å². The molecule has 0 saturated heterocycles. The maximum Gasteiger partial charge on any atom is 0.265 e. The molecule has 1 aliphatic heterocycles. The second-order valence-corrected chi connectivity index (χ2v) is 13.1. The van der Waals surface area contributed by atoms with Gasteiger partial charge in [-0.1, -0.05) is 86.0 Å². The first-order valence-corrected chi connectivity index (χ1v) is 16.7. The van der Waals surface area contributed by atoms with Crippen LogP contribution in [0, 0.1) is 13.8 Å². The Morgan fingerprint density at radius 3 is 2.53 bits per heavy atom. The summed E-state index contributed by atoms with van der Waals surface area (Å²) in [5.41, 5.74) is 5.99. The Kier molecular flexibility index (Phi) is 10.4. The van der Waals surface area contributed by atoms with Crippen LogP contribution < -0.4 is 10.2 Å². The SMILES string of the molecule is CC[C@@H](C)N(CCNC(=O)c1ccc(/C=C2\Sc3ccccc3N(Cc3cc(C)ccc3C)C2=O)cc1)C1CCCCC1. The van der Waals surface area contributed by atoms with Crippen LogP contribution in [0.1, 0.15) is 85.0 Å². The van der Waals surface area contributed by atoms with Crippen molar-refractivity contribution >= 4 is 35.3 Å². The van der Waals surface area contributed by atoms with Crippen LogP contribution in [0.15, 0.2) is 76.5 Å². The number of amides is 2. The van der Waals surface area contributed by atoms with Gasteiger partial charge in [0.05, 0.1) is 17.1 Å². The van der Waals surface area contributed by atoms with Crippen LogP contribution in [0.2, 0.25) is 0 Å². The molecule has 3 aromatic carbocycles. The highest BCUT2D eigenvalue weighted by molar-refractivity contribution is 8.04. The zero-order valence-electron chi connectivity index (χ0n) is 26.1. The van der Waals surface area contributed by atoms with E-state index in [4.69, 9.17) is 0 Å². The summed E-state index contributed by atoms with van der Waals surface area (Å²) in [6.45, 7) is 10.8. The minimum atomic E-state index is -0.0521. The van der Waals surface area contributed by atoms with Gasteiger partial charge in [0.15, 0.2) is 0 Å². The van der Waals surface area contributed by atoms with Crippen molar-refractivity contribution in [2.75, 3.05) is 18.0 Å². The van der Waals surface area contributed by atoms with E-state index < -0.39 is 0 Å². The summed E-state index contributed by atoms with van der Waals surface area (Å²) >= 11 is 1.51. The average Bonchev–Trinajstić information content (AvgIpc) is 3.03. The second kappa shape index (κ2) is 14.4. The quantitative estimate of drug-likeness (QED) is 0.240. The monoisotopic (exact) mass is 595 g/mol. The molecule has 3 aromatic rings. The van der Waals surface area contributed by atoms with E-state index in [1.165, 1.54) is 55.0 Å². The van der Waals surface area contributed by atoms with E-state index in [2.05, 4.69) is 62.2 Å². The number of anilines is 1. The lowest BCUT2D eigenvalue weighted by atomic mass is 9.93. The third kappa shape index (κ3) is 7.60. The fraction of sp³-hybridized carbons (Fsp3) is 0.405. The van der Waals surface area contributed by atoms with E-state index in [0.717, 1.165) is 34.7 Å². The van der Waals surface area contributed by atoms with Gasteiger partial charge in [0.2, 0.25) is 0 Å². The van der Waals surface area contributed by atoms with Crippen LogP contribution in [0.3, 0.4) is 0 Å². The first kappa shape index (κ1) is 31.1. The molecule has 1 aliphatic carbocycles. The predicted octanol–water partition coefficient (Wildman–Crippen LogP) is 8.15. The van der Waals surface area contributed by atoms with Crippen molar-refractivity contribution in [1.82, 2.24) is 10.2 Å². The molecule has 0 radical (unpaired) electrons. The molecule has 2 amide bonds. The van der Waals surface area contributed by atoms with Crippen molar-refractivity contribution < 1.29 is 9.59 Å². The zero-order valence-corrected chi connectivity index (χ0v) is 26.9. The number of fused-ring (bicyclic) bond motifs is 1. The lowest BCUT2D eigenvalue weighted by Crippen LogP contribution is -2.46. The van der Waals surface area contributed by atoms with E-state index in [1.54, 1.807) is 0 Å². The highest BCUT2D eigenvalue weighted by Gasteiger charge is 2.29. The average molecular weight is 596 g/mol. The molecule has 2 aliphatic rings. The van der Waals surface area contributed by atoms with Gasteiger partial charge in [-0.15, -0.1) is 0 Å². The van der Waals surface area contributed by atoms with Crippen molar-refractivity contribution in [1.29, 1.82) is 0 Å². The lowest BCUT2D eigenvalue weighted by molar-refractivity contribution is -0.114. The minimum Gasteiger partial charge on any atom is -0.351 e. The molecule has 1 heterocycles. The summed E-state index contributed by atoms with van der Waals surface area (Å²) in [7, 11) is 0. The lowest BCUT2D eigenvalue weighted by Gasteiger charge is -2.38. The zero-order chi connectivity index (χ0) is 30.3. The third-order valence-electron chi connectivity index (χ3n) is 8.99. The van der Waals surface area contributed by atoms with Gasteiger partial charge in [0, 0.05) is 35.6 Å². The van der Waals surface area contributed by atoms with Crippen LogP contribution in [0.25, 0.3) is 6.08 Å². The summed E-state index contributed by atoms with van der Waals surface area (Å²) in [6.07, 6.45) is 9.57. The fourth-order valence-corrected chi connectivity index (χ4v) is 7.31. The van der Waals surface area contributed by atoms with Crippen LogP contribution in [0.5, 0.6) is 0 Å². The topological polar surface area (TPSA) is 52.7 Å². The third-order valence-corrected chi connectivity index (χ3v) is 10.1. The van der Waals surface area contributed by atoms with E-state index in [-0.39, 0.29) is 11.8 Å². The van der Waals surface area contributed by atoms with Crippen LogP contribution in [-0.4, -0.2) is 41.9 Å². The maximum absolute atomic E-state index is 13.8. The Morgan fingerprint density at radius 1 is 1.05 bits per heavy atom. The summed E-state index contributed by atoms with van der Waals surface area (Å²) in [6, 6.07) is 23.2. The van der Waals surface area contributed by atoms with E-state index in [1.807, 2.05) is 53.4 Å².